The van der Waals surface area contributed by atoms with Gasteiger partial charge in [0, 0.05) is 45.0 Å². The Labute approximate surface area is 173 Å². The first-order chi connectivity index (χ1) is 14.0. The highest BCUT2D eigenvalue weighted by molar-refractivity contribution is 5.78. The number of likely N-dealkylation sites (N-methyl/N-ethyl adjacent to an activating group) is 1. The minimum atomic E-state index is 0.287. The van der Waals surface area contributed by atoms with E-state index in [1.54, 1.807) is 0 Å². The molecule has 2 aromatic rings. The van der Waals surface area contributed by atoms with Gasteiger partial charge in [-0.25, -0.2) is 15.0 Å². The molecule has 0 bridgehead atoms. The number of carbonyl (C=O) groups excluding carboxylic acids is 1. The largest absolute Gasteiger partial charge is 0.390 e. The number of hydrogen-bond acceptors (Lipinski definition) is 5. The van der Waals surface area contributed by atoms with E-state index in [0.717, 1.165) is 56.0 Å². The highest BCUT2D eigenvalue weighted by Gasteiger charge is 2.19. The van der Waals surface area contributed by atoms with E-state index in [4.69, 9.17) is 5.73 Å². The van der Waals surface area contributed by atoms with Crippen molar-refractivity contribution in [1.82, 2.24) is 14.9 Å². The minimum Gasteiger partial charge on any atom is -0.390 e. The van der Waals surface area contributed by atoms with Crippen LogP contribution in [0.1, 0.15) is 37.4 Å². The topological polar surface area (TPSA) is 87.7 Å². The fourth-order valence-electron chi connectivity index (χ4n) is 3.02. The van der Waals surface area contributed by atoms with Gasteiger partial charge in [-0.2, -0.15) is 0 Å². The second-order valence-corrected chi connectivity index (χ2v) is 7.11. The lowest BCUT2D eigenvalue weighted by molar-refractivity contribution is -0.127. The Morgan fingerprint density at radius 3 is 2.76 bits per heavy atom. The number of nitrogens with zero attached hydrogens (tertiary/aromatic N) is 5. The summed E-state index contributed by atoms with van der Waals surface area (Å²) in [4.78, 5) is 28.0. The number of aromatic nitrogens is 2. The molecule has 3 heterocycles. The van der Waals surface area contributed by atoms with Crippen LogP contribution >= 0.6 is 0 Å². The molecule has 1 aliphatic rings. The van der Waals surface area contributed by atoms with E-state index in [0.29, 0.717) is 12.2 Å². The van der Waals surface area contributed by atoms with Gasteiger partial charge in [-0.1, -0.05) is 25.5 Å². The highest BCUT2D eigenvalue weighted by Crippen LogP contribution is 2.12. The lowest BCUT2D eigenvalue weighted by Gasteiger charge is -2.22. The predicted molar refractivity (Wildman–Crippen MR) is 119 cm³/mol. The van der Waals surface area contributed by atoms with E-state index >= 15 is 0 Å². The molecule has 7 nitrogen and oxygen atoms in total. The molecule has 7 heteroatoms. The molecule has 1 aliphatic heterocycles. The summed E-state index contributed by atoms with van der Waals surface area (Å²) in [7, 11) is 2.01. The third kappa shape index (κ3) is 7.52. The SMILES string of the molecule is CCCc1cccc(/N=C\N)n1.Cc1ccc(N(C)CCN2CCCC2=O)nc1. The van der Waals surface area contributed by atoms with Gasteiger partial charge in [-0.3, -0.25) is 4.79 Å². The van der Waals surface area contributed by atoms with Gasteiger partial charge < -0.3 is 15.5 Å². The average molecular weight is 397 g/mol. The first kappa shape index (κ1) is 22.3. The smallest absolute Gasteiger partial charge is 0.222 e. The minimum absolute atomic E-state index is 0.287. The number of anilines is 1. The van der Waals surface area contributed by atoms with Crippen LogP contribution in [0.25, 0.3) is 0 Å². The zero-order valence-electron chi connectivity index (χ0n) is 17.7. The van der Waals surface area contributed by atoms with Gasteiger partial charge in [-0.05, 0) is 43.5 Å². The molecule has 0 aliphatic carbocycles. The van der Waals surface area contributed by atoms with Crippen LogP contribution in [0.5, 0.6) is 0 Å². The van der Waals surface area contributed by atoms with Gasteiger partial charge in [0.25, 0.3) is 0 Å². The molecule has 29 heavy (non-hydrogen) atoms. The summed E-state index contributed by atoms with van der Waals surface area (Å²) in [5, 5.41) is 0. The van der Waals surface area contributed by atoms with Crippen molar-refractivity contribution in [3.05, 3.63) is 47.8 Å². The van der Waals surface area contributed by atoms with Gasteiger partial charge in [-0.15, -0.1) is 0 Å². The normalized spacial score (nSPS) is 13.5. The van der Waals surface area contributed by atoms with Crippen LogP contribution in [-0.4, -0.2) is 53.8 Å². The molecule has 0 unspecified atom stereocenters. The van der Waals surface area contributed by atoms with Gasteiger partial charge in [0.15, 0.2) is 5.82 Å². The van der Waals surface area contributed by atoms with Crippen molar-refractivity contribution in [2.24, 2.45) is 10.7 Å². The zero-order valence-corrected chi connectivity index (χ0v) is 17.7. The number of hydrogen-bond donors (Lipinski definition) is 1. The van der Waals surface area contributed by atoms with Crippen molar-refractivity contribution in [3.63, 3.8) is 0 Å². The first-order valence-corrected chi connectivity index (χ1v) is 10.1. The lowest BCUT2D eigenvalue weighted by Crippen LogP contribution is -2.34. The van der Waals surface area contributed by atoms with E-state index in [1.165, 1.54) is 6.34 Å². The number of rotatable bonds is 7. The summed E-state index contributed by atoms with van der Waals surface area (Å²) in [6.07, 6.45) is 6.94. The maximum atomic E-state index is 11.5. The number of amides is 1. The molecule has 2 aromatic heterocycles. The monoisotopic (exact) mass is 396 g/mol. The molecule has 0 aromatic carbocycles. The number of nitrogens with two attached hydrogens (primary N) is 1. The van der Waals surface area contributed by atoms with Gasteiger partial charge >= 0.3 is 0 Å². The molecular formula is C22H32N6O. The number of carbonyl (C=O) groups is 1. The molecule has 2 N–H and O–H groups in total. The fraction of sp³-hybridized carbons (Fsp3) is 0.455. The Morgan fingerprint density at radius 1 is 1.31 bits per heavy atom. The number of pyridine rings is 2. The summed E-state index contributed by atoms with van der Waals surface area (Å²) in [5.41, 5.74) is 7.39. The number of likely N-dealkylation sites (tertiary alicyclic amines) is 1. The second-order valence-electron chi connectivity index (χ2n) is 7.11. The van der Waals surface area contributed by atoms with Crippen LogP contribution in [0.2, 0.25) is 0 Å². The van der Waals surface area contributed by atoms with Crippen molar-refractivity contribution in [2.45, 2.75) is 39.5 Å². The van der Waals surface area contributed by atoms with E-state index in [9.17, 15) is 4.79 Å². The van der Waals surface area contributed by atoms with Crippen LogP contribution in [0.15, 0.2) is 41.5 Å². The maximum absolute atomic E-state index is 11.5. The van der Waals surface area contributed by atoms with Crippen molar-refractivity contribution < 1.29 is 4.79 Å². The Balaban J connectivity index is 0.000000221. The molecule has 156 valence electrons. The van der Waals surface area contributed by atoms with Gasteiger partial charge in [0.1, 0.15) is 5.82 Å². The van der Waals surface area contributed by atoms with Crippen molar-refractivity contribution in [1.29, 1.82) is 0 Å². The third-order valence-electron chi connectivity index (χ3n) is 4.67. The Bertz CT molecular complexity index is 790. The van der Waals surface area contributed by atoms with Gasteiger partial charge in [0.05, 0.1) is 6.34 Å². The van der Waals surface area contributed by atoms with Crippen molar-refractivity contribution in [3.8, 4) is 0 Å². The average Bonchev–Trinajstić information content (AvgIpc) is 3.13. The molecular weight excluding hydrogens is 364 g/mol. The van der Waals surface area contributed by atoms with Crippen LogP contribution in [-0.2, 0) is 11.2 Å². The zero-order chi connectivity index (χ0) is 21.1. The summed E-state index contributed by atoms with van der Waals surface area (Å²) >= 11 is 0. The molecule has 0 radical (unpaired) electrons. The summed E-state index contributed by atoms with van der Waals surface area (Å²) in [6, 6.07) is 9.85. The third-order valence-corrected chi connectivity index (χ3v) is 4.67. The molecule has 1 fully saturated rings. The fourth-order valence-corrected chi connectivity index (χ4v) is 3.02. The highest BCUT2D eigenvalue weighted by atomic mass is 16.2. The standard InChI is InChI=1S/C13H19N3O.C9H13N3/c1-11-5-6-12(14-10-11)15(2)8-9-16-7-3-4-13(16)17;1-2-4-8-5-3-6-9(12-8)11-7-10/h5-6,10H,3-4,7-9H2,1-2H3;3,5-7H,2,4H2,1H3,(H2,10,11,12). The van der Waals surface area contributed by atoms with Crippen LogP contribution in [0, 0.1) is 6.92 Å². The molecule has 1 amide bonds. The van der Waals surface area contributed by atoms with E-state index in [1.807, 2.05) is 49.3 Å². The lowest BCUT2D eigenvalue weighted by atomic mass is 10.2. The van der Waals surface area contributed by atoms with E-state index in [2.05, 4.69) is 32.9 Å². The van der Waals surface area contributed by atoms with Crippen LogP contribution in [0.3, 0.4) is 0 Å². The molecule has 0 spiro atoms. The Morgan fingerprint density at radius 2 is 2.14 bits per heavy atom. The second kappa shape index (κ2) is 11.8. The Hall–Kier alpha value is -2.96. The maximum Gasteiger partial charge on any atom is 0.222 e. The van der Waals surface area contributed by atoms with E-state index < -0.39 is 0 Å². The molecule has 0 saturated carbocycles. The quantitative estimate of drug-likeness (QED) is 0.574. The van der Waals surface area contributed by atoms with Crippen molar-refractivity contribution >= 4 is 23.9 Å². The summed E-state index contributed by atoms with van der Waals surface area (Å²) in [6.45, 7) is 6.70. The molecule has 1 saturated heterocycles. The van der Waals surface area contributed by atoms with Crippen LogP contribution in [0.4, 0.5) is 11.6 Å². The van der Waals surface area contributed by atoms with Crippen LogP contribution < -0.4 is 10.6 Å². The number of aryl methyl sites for hydroxylation is 2. The summed E-state index contributed by atoms with van der Waals surface area (Å²) in [5.74, 6) is 1.93. The summed E-state index contributed by atoms with van der Waals surface area (Å²) < 4.78 is 0. The first-order valence-electron chi connectivity index (χ1n) is 10.1. The molecule has 3 rings (SSSR count). The van der Waals surface area contributed by atoms with Gasteiger partial charge in [0.2, 0.25) is 5.91 Å². The predicted octanol–water partition coefficient (Wildman–Crippen LogP) is 3.10. The number of aliphatic imine (C=N–C) groups is 1. The van der Waals surface area contributed by atoms with E-state index in [-0.39, 0.29) is 5.91 Å². The van der Waals surface area contributed by atoms with Crippen molar-refractivity contribution in [2.75, 3.05) is 31.6 Å². The Kier molecular flexibility index (Phi) is 9.08. The molecule has 0 atom stereocenters.